The number of imide groups is 1. The van der Waals surface area contributed by atoms with Crippen molar-refractivity contribution in [2.24, 2.45) is 0 Å². The number of thioether (sulfide) groups is 1. The van der Waals surface area contributed by atoms with Crippen LogP contribution in [0.4, 0.5) is 4.79 Å². The van der Waals surface area contributed by atoms with Crippen LogP contribution in [0.15, 0.2) is 5.16 Å². The number of carbonyl (C=O) groups excluding carboxylic acids is 2. The van der Waals surface area contributed by atoms with Crippen LogP contribution in [0.2, 0.25) is 0 Å². The third-order valence-electron chi connectivity index (χ3n) is 4.35. The van der Waals surface area contributed by atoms with Gasteiger partial charge in [0.05, 0.1) is 5.25 Å². The molecular formula is C15H21N5O2S. The van der Waals surface area contributed by atoms with Gasteiger partial charge >= 0.3 is 6.03 Å². The molecule has 7 nitrogen and oxygen atoms in total. The van der Waals surface area contributed by atoms with E-state index in [2.05, 4.69) is 25.4 Å². The van der Waals surface area contributed by atoms with E-state index in [1.165, 1.54) is 24.6 Å². The summed E-state index contributed by atoms with van der Waals surface area (Å²) in [7, 11) is 0. The topological polar surface area (TPSA) is 88.9 Å². The van der Waals surface area contributed by atoms with Crippen LogP contribution in [0.25, 0.3) is 0 Å². The molecule has 0 saturated heterocycles. The molecule has 2 N–H and O–H groups in total. The number of carbonyl (C=O) groups is 2. The van der Waals surface area contributed by atoms with Crippen molar-refractivity contribution in [1.29, 1.82) is 0 Å². The first-order valence-corrected chi connectivity index (χ1v) is 9.22. The van der Waals surface area contributed by atoms with E-state index < -0.39 is 6.03 Å². The third-order valence-corrected chi connectivity index (χ3v) is 5.40. The standard InChI is InChI=1S/C15H21N5O2S/c1-8(13(21)17-14(22)16-10-4-5-10)23-15-19-18-12(9-2-3-9)20(15)11-6-7-11/h8-11H,2-7H2,1H3,(H2,16,17,21,22). The van der Waals surface area contributed by atoms with Gasteiger partial charge in [0.2, 0.25) is 5.91 Å². The van der Waals surface area contributed by atoms with Gasteiger partial charge in [0.25, 0.3) is 0 Å². The number of urea groups is 1. The highest BCUT2D eigenvalue weighted by Gasteiger charge is 2.37. The average molecular weight is 335 g/mol. The third kappa shape index (κ3) is 3.52. The lowest BCUT2D eigenvalue weighted by atomic mass is 10.4. The highest BCUT2D eigenvalue weighted by molar-refractivity contribution is 8.00. The van der Waals surface area contributed by atoms with Crippen LogP contribution in [0, 0.1) is 0 Å². The second-order valence-corrected chi connectivity index (χ2v) is 8.02. The summed E-state index contributed by atoms with van der Waals surface area (Å²) < 4.78 is 2.22. The number of nitrogens with one attached hydrogen (secondary N) is 2. The number of amides is 3. The molecule has 0 spiro atoms. The van der Waals surface area contributed by atoms with Crippen molar-refractivity contribution < 1.29 is 9.59 Å². The molecule has 1 aromatic heterocycles. The molecule has 0 radical (unpaired) electrons. The first-order chi connectivity index (χ1) is 11.1. The Morgan fingerprint density at radius 3 is 2.52 bits per heavy atom. The summed E-state index contributed by atoms with van der Waals surface area (Å²) in [4.78, 5) is 23.8. The first-order valence-electron chi connectivity index (χ1n) is 8.34. The lowest BCUT2D eigenvalue weighted by Gasteiger charge is -2.13. The Labute approximate surface area is 139 Å². The van der Waals surface area contributed by atoms with E-state index in [9.17, 15) is 9.59 Å². The van der Waals surface area contributed by atoms with Gasteiger partial charge in [-0.05, 0) is 45.4 Å². The Bertz CT molecular complexity index is 634. The molecule has 0 aliphatic heterocycles. The van der Waals surface area contributed by atoms with E-state index in [0.717, 1.165) is 36.7 Å². The van der Waals surface area contributed by atoms with E-state index in [1.54, 1.807) is 6.92 Å². The Morgan fingerprint density at radius 1 is 1.17 bits per heavy atom. The number of nitrogens with zero attached hydrogens (tertiary/aromatic N) is 3. The molecule has 8 heteroatoms. The molecule has 23 heavy (non-hydrogen) atoms. The van der Waals surface area contributed by atoms with E-state index in [4.69, 9.17) is 0 Å². The molecule has 1 unspecified atom stereocenters. The number of rotatable bonds is 6. The number of hydrogen-bond donors (Lipinski definition) is 2. The number of hydrogen-bond acceptors (Lipinski definition) is 5. The number of aromatic nitrogens is 3. The van der Waals surface area contributed by atoms with E-state index in [1.807, 2.05) is 0 Å². The normalized spacial score (nSPS) is 21.8. The zero-order valence-electron chi connectivity index (χ0n) is 13.1. The molecule has 3 fully saturated rings. The molecule has 4 rings (SSSR count). The fraction of sp³-hybridized carbons (Fsp3) is 0.733. The summed E-state index contributed by atoms with van der Waals surface area (Å²) in [5.41, 5.74) is 0. The predicted octanol–water partition coefficient (Wildman–Crippen LogP) is 1.96. The maximum absolute atomic E-state index is 12.2. The Kier molecular flexibility index (Phi) is 3.79. The van der Waals surface area contributed by atoms with Crippen LogP contribution >= 0.6 is 11.8 Å². The van der Waals surface area contributed by atoms with Crippen molar-refractivity contribution in [3.8, 4) is 0 Å². The quantitative estimate of drug-likeness (QED) is 0.776. The lowest BCUT2D eigenvalue weighted by Crippen LogP contribution is -2.43. The van der Waals surface area contributed by atoms with Crippen molar-refractivity contribution in [3.63, 3.8) is 0 Å². The molecule has 0 aromatic carbocycles. The minimum atomic E-state index is -0.396. The van der Waals surface area contributed by atoms with E-state index in [0.29, 0.717) is 12.0 Å². The maximum Gasteiger partial charge on any atom is 0.321 e. The average Bonchev–Trinajstić information content (AvgIpc) is 3.34. The van der Waals surface area contributed by atoms with Gasteiger partial charge in [-0.1, -0.05) is 11.8 Å². The highest BCUT2D eigenvalue weighted by Crippen LogP contribution is 2.46. The van der Waals surface area contributed by atoms with Crippen LogP contribution in [0.5, 0.6) is 0 Å². The molecule has 3 amide bonds. The first kappa shape index (κ1) is 15.0. The molecule has 3 aliphatic rings. The van der Waals surface area contributed by atoms with Gasteiger partial charge in [-0.15, -0.1) is 10.2 Å². The van der Waals surface area contributed by atoms with Gasteiger partial charge in [-0.3, -0.25) is 10.1 Å². The van der Waals surface area contributed by atoms with Gasteiger partial charge in [-0.25, -0.2) is 4.79 Å². The van der Waals surface area contributed by atoms with Gasteiger partial charge in [0, 0.05) is 18.0 Å². The van der Waals surface area contributed by atoms with Crippen LogP contribution in [0.1, 0.15) is 63.2 Å². The molecule has 124 valence electrons. The minimum absolute atomic E-state index is 0.241. The predicted molar refractivity (Wildman–Crippen MR) is 85.3 cm³/mol. The second kappa shape index (κ2) is 5.81. The Hall–Kier alpha value is -1.57. The smallest absolute Gasteiger partial charge is 0.321 e. The monoisotopic (exact) mass is 335 g/mol. The van der Waals surface area contributed by atoms with Crippen LogP contribution < -0.4 is 10.6 Å². The van der Waals surface area contributed by atoms with Gasteiger partial charge in [0.1, 0.15) is 5.82 Å². The zero-order valence-corrected chi connectivity index (χ0v) is 13.9. The molecule has 1 heterocycles. The van der Waals surface area contributed by atoms with Gasteiger partial charge < -0.3 is 9.88 Å². The van der Waals surface area contributed by atoms with Crippen molar-refractivity contribution in [3.05, 3.63) is 5.82 Å². The fourth-order valence-electron chi connectivity index (χ4n) is 2.54. The summed E-state index contributed by atoms with van der Waals surface area (Å²) in [6, 6.07) is 0.341. The summed E-state index contributed by atoms with van der Waals surface area (Å²) in [6.07, 6.45) is 6.70. The largest absolute Gasteiger partial charge is 0.335 e. The molecular weight excluding hydrogens is 314 g/mol. The van der Waals surface area contributed by atoms with Crippen molar-refractivity contribution >= 4 is 23.7 Å². The molecule has 3 saturated carbocycles. The lowest BCUT2D eigenvalue weighted by molar-refractivity contribution is -0.119. The Balaban J connectivity index is 1.38. The van der Waals surface area contributed by atoms with E-state index >= 15 is 0 Å². The SMILES string of the molecule is CC(Sc1nnc(C2CC2)n1C1CC1)C(=O)NC(=O)NC1CC1. The van der Waals surface area contributed by atoms with Crippen molar-refractivity contribution in [1.82, 2.24) is 25.4 Å². The molecule has 1 aromatic rings. The molecule has 3 aliphatic carbocycles. The fourth-order valence-corrected chi connectivity index (χ4v) is 3.47. The zero-order chi connectivity index (χ0) is 16.0. The summed E-state index contributed by atoms with van der Waals surface area (Å²) in [6.45, 7) is 1.80. The van der Waals surface area contributed by atoms with Gasteiger partial charge in [-0.2, -0.15) is 0 Å². The maximum atomic E-state index is 12.2. The summed E-state index contributed by atoms with van der Waals surface area (Å²) in [5.74, 6) is 1.34. The van der Waals surface area contributed by atoms with Crippen LogP contribution in [-0.2, 0) is 4.79 Å². The van der Waals surface area contributed by atoms with Crippen molar-refractivity contribution in [2.45, 2.75) is 73.9 Å². The summed E-state index contributed by atoms with van der Waals surface area (Å²) in [5, 5.41) is 14.2. The Morgan fingerprint density at radius 2 is 1.91 bits per heavy atom. The van der Waals surface area contributed by atoms with E-state index in [-0.39, 0.29) is 17.2 Å². The van der Waals surface area contributed by atoms with Crippen molar-refractivity contribution in [2.75, 3.05) is 0 Å². The minimum Gasteiger partial charge on any atom is -0.335 e. The van der Waals surface area contributed by atoms with Gasteiger partial charge in [0.15, 0.2) is 5.16 Å². The van der Waals surface area contributed by atoms with Crippen LogP contribution in [-0.4, -0.2) is 38.0 Å². The second-order valence-electron chi connectivity index (χ2n) is 6.71. The highest BCUT2D eigenvalue weighted by atomic mass is 32.2. The summed E-state index contributed by atoms with van der Waals surface area (Å²) >= 11 is 1.39. The molecule has 0 bridgehead atoms. The molecule has 1 atom stereocenters. The van der Waals surface area contributed by atoms with Crippen LogP contribution in [0.3, 0.4) is 0 Å².